The van der Waals surface area contributed by atoms with Gasteiger partial charge in [0.2, 0.25) is 11.8 Å². The predicted octanol–water partition coefficient (Wildman–Crippen LogP) is 2.75. The summed E-state index contributed by atoms with van der Waals surface area (Å²) in [6, 6.07) is 13.6. The number of carboxylic acids is 1. The fraction of sp³-hybridized carbons (Fsp3) is 0.409. The average Bonchev–Trinajstić information content (AvgIpc) is 2.67. The van der Waals surface area contributed by atoms with Gasteiger partial charge in [0.25, 0.3) is 0 Å². The van der Waals surface area contributed by atoms with Crippen LogP contribution in [0.2, 0.25) is 0 Å². The maximum atomic E-state index is 12.0. The molecule has 1 unspecified atom stereocenters. The van der Waals surface area contributed by atoms with Gasteiger partial charge in [-0.2, -0.15) is 0 Å². The summed E-state index contributed by atoms with van der Waals surface area (Å²) in [5.74, 6) is -1.85. The Morgan fingerprint density at radius 1 is 0.964 bits per heavy atom. The van der Waals surface area contributed by atoms with Crippen molar-refractivity contribution in [2.45, 2.75) is 33.1 Å². The monoisotopic (exact) mass is 384 g/mol. The van der Waals surface area contributed by atoms with Crippen molar-refractivity contribution in [1.29, 1.82) is 0 Å². The molecule has 2 aromatic carbocycles. The zero-order chi connectivity index (χ0) is 20.5. The van der Waals surface area contributed by atoms with Crippen LogP contribution < -0.4 is 10.6 Å². The van der Waals surface area contributed by atoms with Crippen LogP contribution in [-0.2, 0) is 20.8 Å². The lowest BCUT2D eigenvalue weighted by Gasteiger charge is -2.15. The number of rotatable bonds is 10. The van der Waals surface area contributed by atoms with Gasteiger partial charge >= 0.3 is 5.97 Å². The molecule has 0 fully saturated rings. The van der Waals surface area contributed by atoms with Gasteiger partial charge in [-0.05, 0) is 35.1 Å². The average molecular weight is 384 g/mol. The molecule has 2 aromatic rings. The van der Waals surface area contributed by atoms with Gasteiger partial charge in [0.05, 0.1) is 12.5 Å². The second-order valence-corrected chi connectivity index (χ2v) is 7.39. The third-order valence-electron chi connectivity index (χ3n) is 4.64. The molecule has 0 heterocycles. The first kappa shape index (κ1) is 21.4. The molecule has 2 amide bonds. The summed E-state index contributed by atoms with van der Waals surface area (Å²) < 4.78 is 0. The number of carboxylic acid groups (broad SMARTS) is 1. The number of hydrogen-bond acceptors (Lipinski definition) is 3. The minimum Gasteiger partial charge on any atom is -0.481 e. The number of nitrogens with one attached hydrogen (secondary N) is 2. The lowest BCUT2D eigenvalue weighted by atomic mass is 9.95. The van der Waals surface area contributed by atoms with E-state index >= 15 is 0 Å². The molecular weight excluding hydrogens is 356 g/mol. The topological polar surface area (TPSA) is 95.5 Å². The first-order chi connectivity index (χ1) is 13.4. The van der Waals surface area contributed by atoms with Crippen molar-refractivity contribution in [1.82, 2.24) is 10.6 Å². The molecule has 0 saturated carbocycles. The van der Waals surface area contributed by atoms with Crippen molar-refractivity contribution in [3.8, 4) is 0 Å². The summed E-state index contributed by atoms with van der Waals surface area (Å²) in [5, 5.41) is 16.8. The van der Waals surface area contributed by atoms with Crippen LogP contribution in [0.1, 0.15) is 32.3 Å². The van der Waals surface area contributed by atoms with Crippen LogP contribution in [-0.4, -0.2) is 36.0 Å². The smallest absolute Gasteiger partial charge is 0.308 e. The Morgan fingerprint density at radius 2 is 1.68 bits per heavy atom. The molecule has 3 N–H and O–H groups in total. The lowest BCUT2D eigenvalue weighted by Crippen LogP contribution is -2.40. The Bertz CT molecular complexity index is 827. The molecule has 0 saturated heterocycles. The van der Waals surface area contributed by atoms with E-state index in [1.165, 1.54) is 0 Å². The Morgan fingerprint density at radius 3 is 2.39 bits per heavy atom. The van der Waals surface area contributed by atoms with Gasteiger partial charge in [-0.15, -0.1) is 0 Å². The molecule has 0 aliphatic heterocycles. The number of carbonyl (C=O) groups is 3. The van der Waals surface area contributed by atoms with Gasteiger partial charge in [-0.25, -0.2) is 0 Å². The minimum absolute atomic E-state index is 0.0131. The Kier molecular flexibility index (Phi) is 7.99. The zero-order valence-electron chi connectivity index (χ0n) is 16.4. The second-order valence-electron chi connectivity index (χ2n) is 7.39. The molecule has 1 atom stereocenters. The van der Waals surface area contributed by atoms with Gasteiger partial charge in [-0.1, -0.05) is 56.3 Å². The molecule has 0 spiro atoms. The first-order valence-electron chi connectivity index (χ1n) is 9.59. The van der Waals surface area contributed by atoms with E-state index in [2.05, 4.69) is 10.6 Å². The van der Waals surface area contributed by atoms with E-state index in [1.807, 2.05) is 56.3 Å². The molecule has 6 heteroatoms. The molecule has 0 aromatic heterocycles. The van der Waals surface area contributed by atoms with Gasteiger partial charge < -0.3 is 15.7 Å². The number of carbonyl (C=O) groups excluding carboxylic acids is 2. The number of benzene rings is 2. The summed E-state index contributed by atoms with van der Waals surface area (Å²) in [7, 11) is 0. The number of amides is 2. The van der Waals surface area contributed by atoms with Crippen LogP contribution >= 0.6 is 0 Å². The third-order valence-corrected chi connectivity index (χ3v) is 4.64. The Balaban J connectivity index is 1.88. The molecule has 0 aliphatic carbocycles. The largest absolute Gasteiger partial charge is 0.481 e. The van der Waals surface area contributed by atoms with Crippen LogP contribution in [0.15, 0.2) is 42.5 Å². The van der Waals surface area contributed by atoms with Crippen molar-refractivity contribution in [3.63, 3.8) is 0 Å². The summed E-state index contributed by atoms with van der Waals surface area (Å²) in [6.45, 7) is 3.93. The highest BCUT2D eigenvalue weighted by Gasteiger charge is 2.20. The van der Waals surface area contributed by atoms with E-state index in [0.717, 1.165) is 22.8 Å². The van der Waals surface area contributed by atoms with Gasteiger partial charge in [0.1, 0.15) is 0 Å². The summed E-state index contributed by atoms with van der Waals surface area (Å²) >= 11 is 0. The molecule has 2 rings (SSSR count). The Hall–Kier alpha value is -2.89. The van der Waals surface area contributed by atoms with E-state index in [4.69, 9.17) is 0 Å². The maximum Gasteiger partial charge on any atom is 0.308 e. The predicted molar refractivity (Wildman–Crippen MR) is 109 cm³/mol. The summed E-state index contributed by atoms with van der Waals surface area (Å²) in [4.78, 5) is 35.3. The van der Waals surface area contributed by atoms with E-state index in [1.54, 1.807) is 0 Å². The van der Waals surface area contributed by atoms with E-state index in [9.17, 15) is 19.5 Å². The molecule has 6 nitrogen and oxygen atoms in total. The second kappa shape index (κ2) is 10.4. The zero-order valence-corrected chi connectivity index (χ0v) is 16.4. The van der Waals surface area contributed by atoms with Gasteiger partial charge in [0, 0.05) is 13.0 Å². The number of hydrogen-bond donors (Lipinski definition) is 3. The third kappa shape index (κ3) is 6.68. The van der Waals surface area contributed by atoms with Crippen molar-refractivity contribution in [2.75, 3.05) is 13.1 Å². The molecule has 28 heavy (non-hydrogen) atoms. The lowest BCUT2D eigenvalue weighted by molar-refractivity contribution is -0.141. The van der Waals surface area contributed by atoms with Crippen LogP contribution in [0.3, 0.4) is 0 Å². The van der Waals surface area contributed by atoms with Crippen molar-refractivity contribution < 1.29 is 19.5 Å². The normalized spacial score (nSPS) is 12.0. The van der Waals surface area contributed by atoms with Crippen LogP contribution in [0, 0.1) is 11.8 Å². The fourth-order valence-electron chi connectivity index (χ4n) is 2.97. The van der Waals surface area contributed by atoms with Crippen molar-refractivity contribution >= 4 is 28.6 Å². The summed E-state index contributed by atoms with van der Waals surface area (Å²) in [6.07, 6.45) is 1.46. The molecular formula is C22H28N2O4. The highest BCUT2D eigenvalue weighted by atomic mass is 16.4. The Labute approximate surface area is 165 Å². The van der Waals surface area contributed by atoms with Crippen LogP contribution in [0.5, 0.6) is 0 Å². The molecule has 0 aliphatic rings. The van der Waals surface area contributed by atoms with E-state index in [0.29, 0.717) is 18.8 Å². The highest BCUT2D eigenvalue weighted by molar-refractivity contribution is 5.87. The van der Waals surface area contributed by atoms with Gasteiger partial charge in [0.15, 0.2) is 0 Å². The van der Waals surface area contributed by atoms with E-state index in [-0.39, 0.29) is 24.9 Å². The summed E-state index contributed by atoms with van der Waals surface area (Å²) in [5.41, 5.74) is 0.932. The SMILES string of the molecule is CC(C)CCC(=O)NCC(=O)NCC(Cc1cccc2ccccc12)C(=O)O. The fourth-order valence-corrected chi connectivity index (χ4v) is 2.97. The highest BCUT2D eigenvalue weighted by Crippen LogP contribution is 2.21. The quantitative estimate of drug-likeness (QED) is 0.587. The van der Waals surface area contributed by atoms with Crippen molar-refractivity contribution in [2.24, 2.45) is 11.8 Å². The van der Waals surface area contributed by atoms with Gasteiger partial charge in [-0.3, -0.25) is 14.4 Å². The number of aliphatic carboxylic acids is 1. The maximum absolute atomic E-state index is 12.0. The van der Waals surface area contributed by atoms with Crippen LogP contribution in [0.4, 0.5) is 0 Å². The number of fused-ring (bicyclic) bond motifs is 1. The molecule has 150 valence electrons. The minimum atomic E-state index is -0.964. The van der Waals surface area contributed by atoms with E-state index < -0.39 is 11.9 Å². The molecule has 0 radical (unpaired) electrons. The van der Waals surface area contributed by atoms with Crippen molar-refractivity contribution in [3.05, 3.63) is 48.0 Å². The van der Waals surface area contributed by atoms with Crippen LogP contribution in [0.25, 0.3) is 10.8 Å². The first-order valence-corrected chi connectivity index (χ1v) is 9.59. The molecule has 0 bridgehead atoms. The standard InChI is InChI=1S/C22H28N2O4/c1-15(2)10-11-20(25)24-14-21(26)23-13-18(22(27)28)12-17-8-5-7-16-6-3-4-9-19(16)17/h3-9,15,18H,10-14H2,1-2H3,(H,23,26)(H,24,25)(H,27,28).